The maximum atomic E-state index is 6.15. The largest absolute Gasteiger partial charge is 0.376 e. The van der Waals surface area contributed by atoms with Crippen molar-refractivity contribution in [2.24, 2.45) is 11.8 Å². The Morgan fingerprint density at radius 3 is 2.82 bits per heavy atom. The molecule has 1 aliphatic heterocycles. The van der Waals surface area contributed by atoms with Crippen molar-refractivity contribution in [2.45, 2.75) is 32.4 Å². The third kappa shape index (κ3) is 2.63. The van der Waals surface area contributed by atoms with Crippen LogP contribution in [0, 0.1) is 12.8 Å². The molecule has 0 aromatic heterocycles. The third-order valence-electron chi connectivity index (χ3n) is 3.51. The van der Waals surface area contributed by atoms with Gasteiger partial charge in [-0.05, 0) is 36.5 Å². The van der Waals surface area contributed by atoms with E-state index in [0.717, 1.165) is 29.2 Å². The molecule has 0 bridgehead atoms. The van der Waals surface area contributed by atoms with Crippen LogP contribution in [0.4, 0.5) is 0 Å². The van der Waals surface area contributed by atoms with E-state index < -0.39 is 0 Å². The van der Waals surface area contributed by atoms with Gasteiger partial charge in [-0.1, -0.05) is 30.7 Å². The van der Waals surface area contributed by atoms with Crippen molar-refractivity contribution in [3.8, 4) is 0 Å². The monoisotopic (exact) mass is 254 g/mol. The van der Waals surface area contributed by atoms with Crippen LogP contribution in [0.15, 0.2) is 18.2 Å². The number of rotatable bonds is 3. The second-order valence-electron chi connectivity index (χ2n) is 4.75. The Hall–Kier alpha value is -0.610. The molecule has 1 fully saturated rings. The normalized spacial score (nSPS) is 26.1. The number of nitrogens with one attached hydrogen (secondary N) is 1. The summed E-state index contributed by atoms with van der Waals surface area (Å²) in [5, 5.41) is 0.772. The van der Waals surface area contributed by atoms with Gasteiger partial charge < -0.3 is 4.74 Å². The van der Waals surface area contributed by atoms with Crippen molar-refractivity contribution in [3.05, 3.63) is 34.3 Å². The standard InChI is InChI=1S/C13H19ClN2O/c1-8-3-4-10(7-11(8)14)12(16-15)13-9(2)5-6-17-13/h3-4,7,9,12-13,16H,5-6,15H2,1-2H3. The van der Waals surface area contributed by atoms with Crippen LogP contribution in [0.1, 0.15) is 30.5 Å². The molecule has 3 atom stereocenters. The van der Waals surface area contributed by atoms with Crippen LogP contribution in [0.3, 0.4) is 0 Å². The van der Waals surface area contributed by atoms with Crippen LogP contribution >= 0.6 is 11.6 Å². The smallest absolute Gasteiger partial charge is 0.0808 e. The molecule has 17 heavy (non-hydrogen) atoms. The molecule has 1 aromatic carbocycles. The number of benzene rings is 1. The second-order valence-corrected chi connectivity index (χ2v) is 5.16. The summed E-state index contributed by atoms with van der Waals surface area (Å²) >= 11 is 6.15. The molecule has 0 saturated carbocycles. The molecule has 3 nitrogen and oxygen atoms in total. The minimum Gasteiger partial charge on any atom is -0.376 e. The highest BCUT2D eigenvalue weighted by Crippen LogP contribution is 2.32. The van der Waals surface area contributed by atoms with E-state index in [1.165, 1.54) is 0 Å². The first-order valence-corrected chi connectivity index (χ1v) is 6.35. The van der Waals surface area contributed by atoms with Gasteiger partial charge in [0.1, 0.15) is 0 Å². The Balaban J connectivity index is 2.25. The Morgan fingerprint density at radius 2 is 2.29 bits per heavy atom. The SMILES string of the molecule is Cc1ccc(C(NN)C2OCCC2C)cc1Cl. The molecule has 0 spiro atoms. The van der Waals surface area contributed by atoms with Crippen molar-refractivity contribution in [2.75, 3.05) is 6.61 Å². The number of halogens is 1. The average molecular weight is 255 g/mol. The first-order chi connectivity index (χ1) is 8.13. The fourth-order valence-corrected chi connectivity index (χ4v) is 2.52. The lowest BCUT2D eigenvalue weighted by Gasteiger charge is -2.26. The van der Waals surface area contributed by atoms with Crippen molar-refractivity contribution in [1.29, 1.82) is 0 Å². The zero-order valence-corrected chi connectivity index (χ0v) is 11.0. The predicted molar refractivity (Wildman–Crippen MR) is 69.8 cm³/mol. The lowest BCUT2D eigenvalue weighted by molar-refractivity contribution is 0.0607. The van der Waals surface area contributed by atoms with E-state index in [1.54, 1.807) is 0 Å². The second kappa shape index (κ2) is 5.36. The molecular weight excluding hydrogens is 236 g/mol. The lowest BCUT2D eigenvalue weighted by atomic mass is 9.92. The van der Waals surface area contributed by atoms with E-state index in [1.807, 2.05) is 19.1 Å². The maximum absolute atomic E-state index is 6.15. The molecule has 0 aliphatic carbocycles. The van der Waals surface area contributed by atoms with Gasteiger partial charge in [-0.15, -0.1) is 0 Å². The van der Waals surface area contributed by atoms with Gasteiger partial charge >= 0.3 is 0 Å². The molecule has 3 unspecified atom stereocenters. The fourth-order valence-electron chi connectivity index (χ4n) is 2.33. The average Bonchev–Trinajstić information content (AvgIpc) is 2.71. The maximum Gasteiger partial charge on any atom is 0.0808 e. The molecule has 1 aromatic rings. The van der Waals surface area contributed by atoms with Crippen molar-refractivity contribution in [3.63, 3.8) is 0 Å². The molecule has 94 valence electrons. The van der Waals surface area contributed by atoms with Gasteiger partial charge in [0.05, 0.1) is 12.1 Å². The number of hydrazine groups is 1. The van der Waals surface area contributed by atoms with Crippen molar-refractivity contribution in [1.82, 2.24) is 5.43 Å². The van der Waals surface area contributed by atoms with Gasteiger partial charge in [0, 0.05) is 11.6 Å². The van der Waals surface area contributed by atoms with Gasteiger partial charge in [-0.3, -0.25) is 11.3 Å². The van der Waals surface area contributed by atoms with Crippen LogP contribution in [-0.2, 0) is 4.74 Å². The van der Waals surface area contributed by atoms with E-state index in [4.69, 9.17) is 22.2 Å². The molecule has 2 rings (SSSR count). The van der Waals surface area contributed by atoms with Crippen LogP contribution in [0.25, 0.3) is 0 Å². The van der Waals surface area contributed by atoms with Crippen LogP contribution < -0.4 is 11.3 Å². The summed E-state index contributed by atoms with van der Waals surface area (Å²) in [4.78, 5) is 0. The highest BCUT2D eigenvalue weighted by atomic mass is 35.5. The number of hydrogen-bond donors (Lipinski definition) is 2. The Labute approximate surface area is 107 Å². The molecular formula is C13H19ClN2O. The van der Waals surface area contributed by atoms with Gasteiger partial charge in [-0.2, -0.15) is 0 Å². The molecule has 0 radical (unpaired) electrons. The van der Waals surface area contributed by atoms with Gasteiger partial charge in [0.2, 0.25) is 0 Å². The summed E-state index contributed by atoms with van der Waals surface area (Å²) in [6, 6.07) is 6.04. The first kappa shape index (κ1) is 12.8. The summed E-state index contributed by atoms with van der Waals surface area (Å²) in [5.74, 6) is 6.17. The van der Waals surface area contributed by atoms with Crippen LogP contribution in [0.5, 0.6) is 0 Å². The van der Waals surface area contributed by atoms with E-state index in [-0.39, 0.29) is 12.1 Å². The Kier molecular flexibility index (Phi) is 4.05. The molecule has 3 N–H and O–H groups in total. The zero-order chi connectivity index (χ0) is 12.4. The molecule has 0 amide bonds. The summed E-state index contributed by atoms with van der Waals surface area (Å²) in [5.41, 5.74) is 5.01. The van der Waals surface area contributed by atoms with Crippen LogP contribution in [0.2, 0.25) is 5.02 Å². The Bertz CT molecular complexity index is 397. The quantitative estimate of drug-likeness (QED) is 0.644. The number of ether oxygens (including phenoxy) is 1. The van der Waals surface area contributed by atoms with E-state index in [0.29, 0.717) is 5.92 Å². The zero-order valence-electron chi connectivity index (χ0n) is 10.2. The van der Waals surface area contributed by atoms with Crippen molar-refractivity contribution >= 4 is 11.6 Å². The molecule has 1 saturated heterocycles. The predicted octanol–water partition coefficient (Wildman–Crippen LogP) is 2.58. The first-order valence-electron chi connectivity index (χ1n) is 5.97. The summed E-state index contributed by atoms with van der Waals surface area (Å²) < 4.78 is 5.76. The summed E-state index contributed by atoms with van der Waals surface area (Å²) in [7, 11) is 0. The minimum absolute atomic E-state index is 0.00519. The Morgan fingerprint density at radius 1 is 1.53 bits per heavy atom. The third-order valence-corrected chi connectivity index (χ3v) is 3.91. The van der Waals surface area contributed by atoms with Gasteiger partial charge in [-0.25, -0.2) is 0 Å². The molecule has 1 aliphatic rings. The van der Waals surface area contributed by atoms with E-state index in [2.05, 4.69) is 18.4 Å². The number of aryl methyl sites for hydroxylation is 1. The summed E-state index contributed by atoms with van der Waals surface area (Å²) in [6.07, 6.45) is 1.21. The number of hydrogen-bond acceptors (Lipinski definition) is 3. The minimum atomic E-state index is 0.00519. The van der Waals surface area contributed by atoms with E-state index in [9.17, 15) is 0 Å². The fraction of sp³-hybridized carbons (Fsp3) is 0.538. The van der Waals surface area contributed by atoms with E-state index >= 15 is 0 Å². The molecule has 1 heterocycles. The van der Waals surface area contributed by atoms with Crippen molar-refractivity contribution < 1.29 is 4.74 Å². The lowest BCUT2D eigenvalue weighted by Crippen LogP contribution is -2.38. The van der Waals surface area contributed by atoms with Gasteiger partial charge in [0.15, 0.2) is 0 Å². The highest BCUT2D eigenvalue weighted by Gasteiger charge is 2.32. The number of nitrogens with two attached hydrogens (primary N) is 1. The topological polar surface area (TPSA) is 47.3 Å². The van der Waals surface area contributed by atoms with Gasteiger partial charge in [0.25, 0.3) is 0 Å². The van der Waals surface area contributed by atoms with Crippen LogP contribution in [-0.4, -0.2) is 12.7 Å². The highest BCUT2D eigenvalue weighted by molar-refractivity contribution is 6.31. The summed E-state index contributed by atoms with van der Waals surface area (Å²) in [6.45, 7) is 4.99. The molecule has 4 heteroatoms.